The summed E-state index contributed by atoms with van der Waals surface area (Å²) in [7, 11) is 0. The number of likely N-dealkylation sites (tertiary alicyclic amines) is 1. The second-order valence-electron chi connectivity index (χ2n) is 5.69. The molecule has 2 rings (SSSR count). The van der Waals surface area contributed by atoms with E-state index in [-0.39, 0.29) is 12.4 Å². The molecule has 4 heteroatoms. The highest BCUT2D eigenvalue weighted by Gasteiger charge is 2.22. The van der Waals surface area contributed by atoms with Crippen molar-refractivity contribution >= 4 is 5.84 Å². The molecule has 1 aromatic rings. The summed E-state index contributed by atoms with van der Waals surface area (Å²) in [6, 6.07) is 6.50. The van der Waals surface area contributed by atoms with Crippen LogP contribution < -0.4 is 5.73 Å². The molecule has 4 N–H and O–H groups in total. The van der Waals surface area contributed by atoms with Crippen LogP contribution in [0.1, 0.15) is 42.4 Å². The highest BCUT2D eigenvalue weighted by Crippen LogP contribution is 2.23. The van der Waals surface area contributed by atoms with Crippen LogP contribution in [0.5, 0.6) is 0 Å². The predicted octanol–water partition coefficient (Wildman–Crippen LogP) is 2.02. The molecule has 1 unspecified atom stereocenters. The molecule has 1 saturated heterocycles. The van der Waals surface area contributed by atoms with Crippen molar-refractivity contribution in [2.75, 3.05) is 13.2 Å². The normalized spacial score (nSPS) is 20.0. The van der Waals surface area contributed by atoms with Crippen LogP contribution in [0, 0.1) is 12.3 Å². The molecule has 0 aromatic heterocycles. The van der Waals surface area contributed by atoms with Gasteiger partial charge < -0.3 is 10.8 Å². The molecule has 1 fully saturated rings. The second-order valence-corrected chi connectivity index (χ2v) is 5.69. The lowest BCUT2D eigenvalue weighted by Crippen LogP contribution is -2.39. The lowest BCUT2D eigenvalue weighted by atomic mass is 9.97. The van der Waals surface area contributed by atoms with Gasteiger partial charge in [0.15, 0.2) is 0 Å². The highest BCUT2D eigenvalue weighted by atomic mass is 16.3. The Morgan fingerprint density at radius 1 is 1.45 bits per heavy atom. The molecule has 1 aliphatic rings. The van der Waals surface area contributed by atoms with Gasteiger partial charge in [0.25, 0.3) is 0 Å². The molecule has 0 amide bonds. The van der Waals surface area contributed by atoms with Crippen molar-refractivity contribution in [3.05, 3.63) is 34.9 Å². The Labute approximate surface area is 121 Å². The van der Waals surface area contributed by atoms with E-state index in [0.717, 1.165) is 25.1 Å². The summed E-state index contributed by atoms with van der Waals surface area (Å²) in [5.74, 6) is 0.121. The number of nitrogens with zero attached hydrogens (tertiary/aromatic N) is 1. The number of hydrogen-bond acceptors (Lipinski definition) is 3. The molecule has 1 aromatic carbocycles. The molecule has 1 aliphatic heterocycles. The van der Waals surface area contributed by atoms with Crippen LogP contribution >= 0.6 is 0 Å². The van der Waals surface area contributed by atoms with Crippen molar-refractivity contribution in [1.82, 2.24) is 4.90 Å². The number of hydrogen-bond donors (Lipinski definition) is 3. The summed E-state index contributed by atoms with van der Waals surface area (Å²) in [6.45, 7) is 4.38. The Kier molecular flexibility index (Phi) is 5.15. The third-order valence-electron chi connectivity index (χ3n) is 4.24. The molecule has 1 heterocycles. The van der Waals surface area contributed by atoms with Gasteiger partial charge in [0.05, 0.1) is 0 Å². The fourth-order valence-corrected chi connectivity index (χ4v) is 3.00. The van der Waals surface area contributed by atoms with Crippen LogP contribution in [0.3, 0.4) is 0 Å². The zero-order chi connectivity index (χ0) is 14.5. The summed E-state index contributed by atoms with van der Waals surface area (Å²) in [4.78, 5) is 2.48. The van der Waals surface area contributed by atoms with Crippen LogP contribution in [0.25, 0.3) is 0 Å². The summed E-state index contributed by atoms with van der Waals surface area (Å²) in [5.41, 5.74) is 8.79. The quantitative estimate of drug-likeness (QED) is 0.568. The first kappa shape index (κ1) is 15.0. The van der Waals surface area contributed by atoms with Gasteiger partial charge in [-0.2, -0.15) is 0 Å². The summed E-state index contributed by atoms with van der Waals surface area (Å²) < 4.78 is 0. The van der Waals surface area contributed by atoms with E-state index in [1.165, 1.54) is 30.4 Å². The van der Waals surface area contributed by atoms with Crippen molar-refractivity contribution in [3.63, 3.8) is 0 Å². The molecular formula is C16H25N3O. The monoisotopic (exact) mass is 275 g/mol. The second kappa shape index (κ2) is 6.86. The lowest BCUT2D eigenvalue weighted by molar-refractivity contribution is 0.112. The number of nitrogens with one attached hydrogen (secondary N) is 1. The number of aryl methyl sites for hydroxylation is 1. The standard InChI is InChI=1S/C16H25N3O/c1-12-10-13(16(17)18)5-6-14(12)11-19-8-3-2-4-15(19)7-9-20/h5-6,10,15,20H,2-4,7-9,11H2,1H3,(H3,17,18). The fraction of sp³-hybridized carbons (Fsp3) is 0.562. The number of aliphatic hydroxyl groups excluding tert-OH is 1. The van der Waals surface area contributed by atoms with E-state index in [4.69, 9.17) is 11.1 Å². The summed E-state index contributed by atoms with van der Waals surface area (Å²) >= 11 is 0. The number of nitrogen functional groups attached to an aromatic ring is 1. The number of amidine groups is 1. The maximum Gasteiger partial charge on any atom is 0.122 e. The van der Waals surface area contributed by atoms with E-state index in [2.05, 4.69) is 17.9 Å². The first-order valence-electron chi connectivity index (χ1n) is 7.40. The fourth-order valence-electron chi connectivity index (χ4n) is 3.00. The zero-order valence-corrected chi connectivity index (χ0v) is 12.2. The molecule has 4 nitrogen and oxygen atoms in total. The minimum atomic E-state index is 0.121. The average molecular weight is 275 g/mol. The van der Waals surface area contributed by atoms with Crippen molar-refractivity contribution in [3.8, 4) is 0 Å². The SMILES string of the molecule is Cc1cc(C(=N)N)ccc1CN1CCCCC1CCO. The number of rotatable bonds is 5. The van der Waals surface area contributed by atoms with E-state index >= 15 is 0 Å². The largest absolute Gasteiger partial charge is 0.396 e. The van der Waals surface area contributed by atoms with E-state index in [9.17, 15) is 5.11 Å². The van der Waals surface area contributed by atoms with E-state index in [1.807, 2.05) is 12.1 Å². The van der Waals surface area contributed by atoms with Crippen molar-refractivity contribution in [1.29, 1.82) is 5.41 Å². The van der Waals surface area contributed by atoms with Crippen LogP contribution in [-0.2, 0) is 6.54 Å². The van der Waals surface area contributed by atoms with E-state index < -0.39 is 0 Å². The molecule has 0 bridgehead atoms. The number of nitrogens with two attached hydrogens (primary N) is 1. The molecule has 1 atom stereocenters. The van der Waals surface area contributed by atoms with Crippen molar-refractivity contribution in [2.45, 2.75) is 45.2 Å². The smallest absolute Gasteiger partial charge is 0.122 e. The van der Waals surface area contributed by atoms with E-state index in [1.54, 1.807) is 0 Å². The van der Waals surface area contributed by atoms with Crippen LogP contribution in [0.4, 0.5) is 0 Å². The van der Waals surface area contributed by atoms with Crippen molar-refractivity contribution < 1.29 is 5.11 Å². The predicted molar refractivity (Wildman–Crippen MR) is 81.9 cm³/mol. The summed E-state index contributed by atoms with van der Waals surface area (Å²) in [6.07, 6.45) is 4.56. The maximum atomic E-state index is 9.19. The maximum absolute atomic E-state index is 9.19. The van der Waals surface area contributed by atoms with Gasteiger partial charge in [-0.15, -0.1) is 0 Å². The average Bonchev–Trinajstić information content (AvgIpc) is 2.43. The van der Waals surface area contributed by atoms with Gasteiger partial charge in [-0.1, -0.05) is 18.6 Å². The van der Waals surface area contributed by atoms with Crippen LogP contribution in [0.2, 0.25) is 0 Å². The molecule has 20 heavy (non-hydrogen) atoms. The van der Waals surface area contributed by atoms with Gasteiger partial charge in [-0.05, 0) is 49.9 Å². The van der Waals surface area contributed by atoms with Gasteiger partial charge in [0.2, 0.25) is 0 Å². The third-order valence-corrected chi connectivity index (χ3v) is 4.24. The van der Waals surface area contributed by atoms with Crippen molar-refractivity contribution in [2.24, 2.45) is 5.73 Å². The molecule has 0 saturated carbocycles. The van der Waals surface area contributed by atoms with Gasteiger partial charge >= 0.3 is 0 Å². The third kappa shape index (κ3) is 3.58. The van der Waals surface area contributed by atoms with Crippen LogP contribution in [-0.4, -0.2) is 35.0 Å². The first-order chi connectivity index (χ1) is 9.61. The van der Waals surface area contributed by atoms with Gasteiger partial charge in [-0.3, -0.25) is 10.3 Å². The lowest BCUT2D eigenvalue weighted by Gasteiger charge is -2.36. The van der Waals surface area contributed by atoms with Gasteiger partial charge in [-0.25, -0.2) is 0 Å². The highest BCUT2D eigenvalue weighted by molar-refractivity contribution is 5.95. The molecule has 0 radical (unpaired) electrons. The number of aliphatic hydroxyl groups is 1. The number of benzene rings is 1. The molecular weight excluding hydrogens is 250 g/mol. The topological polar surface area (TPSA) is 73.3 Å². The van der Waals surface area contributed by atoms with Gasteiger partial charge in [0.1, 0.15) is 5.84 Å². The molecule has 0 spiro atoms. The Hall–Kier alpha value is -1.39. The molecule has 110 valence electrons. The molecule has 0 aliphatic carbocycles. The first-order valence-corrected chi connectivity index (χ1v) is 7.40. The minimum absolute atomic E-state index is 0.121. The Bertz CT molecular complexity index is 471. The Morgan fingerprint density at radius 3 is 2.90 bits per heavy atom. The summed E-state index contributed by atoms with van der Waals surface area (Å²) in [5, 5.41) is 16.7. The van der Waals surface area contributed by atoms with Gasteiger partial charge in [0, 0.05) is 24.8 Å². The Balaban J connectivity index is 2.09. The zero-order valence-electron chi connectivity index (χ0n) is 12.2. The van der Waals surface area contributed by atoms with E-state index in [0.29, 0.717) is 6.04 Å². The minimum Gasteiger partial charge on any atom is -0.396 e. The van der Waals surface area contributed by atoms with Crippen LogP contribution in [0.15, 0.2) is 18.2 Å². The number of piperidine rings is 1. The Morgan fingerprint density at radius 2 is 2.25 bits per heavy atom.